The van der Waals surface area contributed by atoms with Gasteiger partial charge in [-0.2, -0.15) is 5.10 Å². The number of aliphatic hydroxyl groups is 1. The first-order valence-corrected chi connectivity index (χ1v) is 9.59. The van der Waals surface area contributed by atoms with Gasteiger partial charge in [0.1, 0.15) is 11.0 Å². The summed E-state index contributed by atoms with van der Waals surface area (Å²) >= 11 is 6.32. The van der Waals surface area contributed by atoms with Crippen LogP contribution in [0.4, 0.5) is 4.39 Å². The lowest BCUT2D eigenvalue weighted by Crippen LogP contribution is -2.12. The number of rotatable bonds is 6. The van der Waals surface area contributed by atoms with Crippen LogP contribution in [0.25, 0.3) is 22.9 Å². The van der Waals surface area contributed by atoms with E-state index in [0.717, 1.165) is 16.6 Å². The predicted molar refractivity (Wildman–Crippen MR) is 111 cm³/mol. The molecule has 0 unspecified atom stereocenters. The van der Waals surface area contributed by atoms with Crippen molar-refractivity contribution in [2.75, 3.05) is 7.11 Å². The highest BCUT2D eigenvalue weighted by Crippen LogP contribution is 2.34. The Morgan fingerprint density at radius 1 is 1.28 bits per heavy atom. The molecule has 7 heteroatoms. The average Bonchev–Trinajstić information content (AvgIpc) is 3.06. The van der Waals surface area contributed by atoms with Gasteiger partial charge in [-0.05, 0) is 47.9 Å². The molecule has 0 saturated carbocycles. The third kappa shape index (κ3) is 4.49. The minimum absolute atomic E-state index is 0.114. The van der Waals surface area contributed by atoms with E-state index in [1.54, 1.807) is 28.8 Å². The molecule has 0 saturated heterocycles. The number of carbonyl (C=O) groups excluding carboxylic acids is 1. The molecule has 0 radical (unpaired) electrons. The summed E-state index contributed by atoms with van der Waals surface area (Å²) in [5.41, 5.74) is 3.91. The first kappa shape index (κ1) is 21.0. The number of fused-ring (bicyclic) bond motifs is 1. The van der Waals surface area contributed by atoms with Gasteiger partial charge < -0.3 is 9.84 Å². The maximum atomic E-state index is 13.4. The van der Waals surface area contributed by atoms with Crippen LogP contribution in [0.3, 0.4) is 0 Å². The van der Waals surface area contributed by atoms with Crippen molar-refractivity contribution in [3.05, 3.63) is 64.6 Å². The van der Waals surface area contributed by atoms with Gasteiger partial charge in [-0.15, -0.1) is 0 Å². The molecule has 29 heavy (non-hydrogen) atoms. The maximum absolute atomic E-state index is 13.4. The maximum Gasteiger partial charge on any atom is 0.308 e. The molecule has 1 atom stereocenters. The zero-order chi connectivity index (χ0) is 21.1. The number of aliphatic hydroxyl groups excluding tert-OH is 1. The van der Waals surface area contributed by atoms with Crippen molar-refractivity contribution in [3.63, 3.8) is 0 Å². The van der Waals surface area contributed by atoms with Crippen LogP contribution in [-0.2, 0) is 9.53 Å². The van der Waals surface area contributed by atoms with E-state index in [1.165, 1.54) is 25.3 Å². The molecule has 2 heterocycles. The van der Waals surface area contributed by atoms with Crippen molar-refractivity contribution < 1.29 is 19.0 Å². The summed E-state index contributed by atoms with van der Waals surface area (Å²) in [4.78, 5) is 11.4. The third-order valence-corrected chi connectivity index (χ3v) is 4.90. The molecule has 1 aromatic carbocycles. The molecule has 3 rings (SSSR count). The molecule has 0 spiro atoms. The zero-order valence-electron chi connectivity index (χ0n) is 16.4. The average molecular weight is 417 g/mol. The summed E-state index contributed by atoms with van der Waals surface area (Å²) in [7, 11) is 1.27. The van der Waals surface area contributed by atoms with Crippen molar-refractivity contribution in [2.24, 2.45) is 0 Å². The molecule has 0 aliphatic rings. The van der Waals surface area contributed by atoms with Crippen molar-refractivity contribution in [2.45, 2.75) is 32.3 Å². The van der Waals surface area contributed by atoms with Gasteiger partial charge in [0.25, 0.3) is 0 Å². The number of hydrogen-bond acceptors (Lipinski definition) is 4. The van der Waals surface area contributed by atoms with E-state index in [4.69, 9.17) is 11.6 Å². The third-order valence-electron chi connectivity index (χ3n) is 4.61. The Hall–Kier alpha value is -2.70. The number of ether oxygens (including phenoxy) is 1. The SMILES string of the molecule is COC(=O)C[C@H](O)/C=C/c1c(-c2ccc(F)cc2)nn2c(Cl)ccc2c1C(C)C. The number of aromatic nitrogens is 2. The number of carbonyl (C=O) groups is 1. The van der Waals surface area contributed by atoms with Crippen LogP contribution in [-0.4, -0.2) is 33.9 Å². The highest BCUT2D eigenvalue weighted by Gasteiger charge is 2.19. The van der Waals surface area contributed by atoms with E-state index in [9.17, 15) is 14.3 Å². The number of benzene rings is 1. The Morgan fingerprint density at radius 2 is 1.97 bits per heavy atom. The molecular weight excluding hydrogens is 395 g/mol. The van der Waals surface area contributed by atoms with E-state index in [0.29, 0.717) is 16.4 Å². The monoisotopic (exact) mass is 416 g/mol. The Bertz CT molecular complexity index is 1060. The molecule has 0 fully saturated rings. The van der Waals surface area contributed by atoms with Crippen LogP contribution >= 0.6 is 11.6 Å². The van der Waals surface area contributed by atoms with Crippen molar-refractivity contribution >= 4 is 29.2 Å². The molecule has 0 amide bonds. The van der Waals surface area contributed by atoms with Gasteiger partial charge in [-0.25, -0.2) is 8.91 Å². The van der Waals surface area contributed by atoms with E-state index < -0.39 is 12.1 Å². The van der Waals surface area contributed by atoms with E-state index in [2.05, 4.69) is 9.84 Å². The van der Waals surface area contributed by atoms with Gasteiger partial charge in [0.15, 0.2) is 0 Å². The standard InChI is InChI=1S/C22H22ClFN2O3/c1-13(2)21-17(9-8-16(27)12-20(28)29-3)22(14-4-6-15(24)7-5-14)25-26-18(21)10-11-19(26)23/h4-11,13,16,27H,12H2,1-3H3/b9-8+/t16-/m1/s1. The molecule has 3 aromatic rings. The van der Waals surface area contributed by atoms with Gasteiger partial charge in [0, 0.05) is 11.1 Å². The summed E-state index contributed by atoms with van der Waals surface area (Å²) in [6.07, 6.45) is 2.13. The van der Waals surface area contributed by atoms with Crippen LogP contribution in [0.2, 0.25) is 5.15 Å². The first-order chi connectivity index (χ1) is 13.8. The van der Waals surface area contributed by atoms with Crippen molar-refractivity contribution in [1.29, 1.82) is 0 Å². The number of hydrogen-bond donors (Lipinski definition) is 1. The summed E-state index contributed by atoms with van der Waals surface area (Å²) in [5.74, 6) is -0.733. The van der Waals surface area contributed by atoms with E-state index >= 15 is 0 Å². The van der Waals surface area contributed by atoms with Crippen LogP contribution in [0.5, 0.6) is 0 Å². The van der Waals surface area contributed by atoms with Crippen LogP contribution in [0.1, 0.15) is 37.3 Å². The topological polar surface area (TPSA) is 63.8 Å². The lowest BCUT2D eigenvalue weighted by molar-refractivity contribution is -0.142. The van der Waals surface area contributed by atoms with Crippen LogP contribution in [0, 0.1) is 5.82 Å². The van der Waals surface area contributed by atoms with Gasteiger partial charge in [0.2, 0.25) is 0 Å². The second kappa shape index (κ2) is 8.76. The number of esters is 1. The molecule has 5 nitrogen and oxygen atoms in total. The van der Waals surface area contributed by atoms with Gasteiger partial charge in [-0.1, -0.05) is 37.6 Å². The largest absolute Gasteiger partial charge is 0.469 e. The van der Waals surface area contributed by atoms with Crippen molar-refractivity contribution in [3.8, 4) is 11.3 Å². The second-order valence-corrected chi connectivity index (χ2v) is 7.38. The van der Waals surface area contributed by atoms with E-state index in [-0.39, 0.29) is 18.2 Å². The Kier molecular flexibility index (Phi) is 6.35. The fourth-order valence-electron chi connectivity index (χ4n) is 3.25. The highest BCUT2D eigenvalue weighted by molar-refractivity contribution is 6.30. The molecule has 0 bridgehead atoms. The molecule has 0 aliphatic heterocycles. The Morgan fingerprint density at radius 3 is 2.59 bits per heavy atom. The predicted octanol–water partition coefficient (Wildman–Crippen LogP) is 4.85. The van der Waals surface area contributed by atoms with Crippen LogP contribution in [0.15, 0.2) is 42.5 Å². The number of halogens is 2. The first-order valence-electron chi connectivity index (χ1n) is 9.22. The summed E-state index contributed by atoms with van der Waals surface area (Å²) in [6, 6.07) is 9.69. The van der Waals surface area contributed by atoms with E-state index in [1.807, 2.05) is 19.9 Å². The Labute approximate surface area is 173 Å². The lowest BCUT2D eigenvalue weighted by Gasteiger charge is -2.17. The Balaban J connectivity index is 2.21. The number of nitrogens with zero attached hydrogens (tertiary/aromatic N) is 2. The zero-order valence-corrected chi connectivity index (χ0v) is 17.2. The molecule has 152 valence electrons. The second-order valence-electron chi connectivity index (χ2n) is 7.00. The van der Waals surface area contributed by atoms with Gasteiger partial charge in [0.05, 0.1) is 30.8 Å². The summed E-state index contributed by atoms with van der Waals surface area (Å²) in [6.45, 7) is 4.10. The summed E-state index contributed by atoms with van der Waals surface area (Å²) < 4.78 is 19.7. The molecule has 0 aliphatic carbocycles. The van der Waals surface area contributed by atoms with Crippen molar-refractivity contribution in [1.82, 2.24) is 9.61 Å². The fraction of sp³-hybridized carbons (Fsp3) is 0.273. The smallest absolute Gasteiger partial charge is 0.308 e. The van der Waals surface area contributed by atoms with Gasteiger partial charge >= 0.3 is 5.97 Å². The normalized spacial score (nSPS) is 12.8. The molecule has 1 N–H and O–H groups in total. The minimum Gasteiger partial charge on any atom is -0.469 e. The fourth-order valence-corrected chi connectivity index (χ4v) is 3.45. The minimum atomic E-state index is -1.00. The van der Waals surface area contributed by atoms with Gasteiger partial charge in [-0.3, -0.25) is 4.79 Å². The highest BCUT2D eigenvalue weighted by atomic mass is 35.5. The lowest BCUT2D eigenvalue weighted by atomic mass is 9.93. The number of methoxy groups -OCH3 is 1. The molecule has 2 aromatic heterocycles. The quantitative estimate of drug-likeness (QED) is 0.583. The van der Waals surface area contributed by atoms with Crippen LogP contribution < -0.4 is 0 Å². The molecular formula is C22H22ClFN2O3. The summed E-state index contributed by atoms with van der Waals surface area (Å²) in [5, 5.41) is 15.3.